The predicted molar refractivity (Wildman–Crippen MR) is 114 cm³/mol. The minimum Gasteiger partial charge on any atom is -0.493 e. The van der Waals surface area contributed by atoms with Crippen LogP contribution in [-0.2, 0) is 12.8 Å². The lowest BCUT2D eigenvalue weighted by molar-refractivity contribution is 0.350. The molecule has 26 heavy (non-hydrogen) atoms. The zero-order valence-electron chi connectivity index (χ0n) is 15.1. The summed E-state index contributed by atoms with van der Waals surface area (Å²) in [5.41, 5.74) is 6.48. The van der Waals surface area contributed by atoms with Crippen molar-refractivity contribution in [2.24, 2.45) is 4.99 Å². The number of aryl methyl sites for hydroxylation is 2. The summed E-state index contributed by atoms with van der Waals surface area (Å²) in [5.74, 6) is 2.12. The van der Waals surface area contributed by atoms with Gasteiger partial charge >= 0.3 is 0 Å². The highest BCUT2D eigenvalue weighted by molar-refractivity contribution is 9.10. The van der Waals surface area contributed by atoms with Crippen molar-refractivity contribution >= 4 is 32.9 Å². The van der Waals surface area contributed by atoms with Crippen LogP contribution in [0.25, 0.3) is 0 Å². The maximum Gasteiger partial charge on any atom is 0.157 e. The molecule has 2 aliphatic heterocycles. The minimum atomic E-state index is 0.143. The van der Waals surface area contributed by atoms with Gasteiger partial charge in [0.2, 0.25) is 0 Å². The molecule has 0 fully saturated rings. The van der Waals surface area contributed by atoms with Crippen LogP contribution in [0.4, 0.5) is 0 Å². The Labute approximate surface area is 167 Å². The molecule has 2 heterocycles. The van der Waals surface area contributed by atoms with Gasteiger partial charge in [0.15, 0.2) is 5.17 Å². The number of ether oxygens (including phenoxy) is 1. The Hall–Kier alpha value is -1.46. The van der Waals surface area contributed by atoms with Crippen molar-refractivity contribution < 1.29 is 4.74 Å². The molecular formula is C21H23BrN2OS. The third kappa shape index (κ3) is 3.94. The van der Waals surface area contributed by atoms with Crippen LogP contribution in [0.15, 0.2) is 39.8 Å². The molecule has 4 rings (SSSR count). The van der Waals surface area contributed by atoms with Gasteiger partial charge in [-0.15, -0.1) is 0 Å². The van der Waals surface area contributed by atoms with E-state index in [1.54, 1.807) is 11.8 Å². The molecular weight excluding hydrogens is 408 g/mol. The molecule has 0 radical (unpaired) electrons. The quantitative estimate of drug-likeness (QED) is 0.742. The Bertz CT molecular complexity index is 845. The highest BCUT2D eigenvalue weighted by atomic mass is 79.9. The number of nitrogens with zero attached hydrogens (tertiary/aromatic N) is 1. The Kier molecular flexibility index (Phi) is 5.28. The normalized spacial score (nSPS) is 16.8. The van der Waals surface area contributed by atoms with Crippen LogP contribution >= 0.6 is 27.7 Å². The van der Waals surface area contributed by atoms with Gasteiger partial charge in [-0.1, -0.05) is 57.0 Å². The fourth-order valence-corrected chi connectivity index (χ4v) is 5.10. The minimum absolute atomic E-state index is 0.143. The van der Waals surface area contributed by atoms with Gasteiger partial charge in [0.1, 0.15) is 5.75 Å². The van der Waals surface area contributed by atoms with E-state index in [2.05, 4.69) is 70.4 Å². The van der Waals surface area contributed by atoms with E-state index in [9.17, 15) is 0 Å². The van der Waals surface area contributed by atoms with Crippen LogP contribution in [0.1, 0.15) is 33.9 Å². The van der Waals surface area contributed by atoms with Gasteiger partial charge in [-0.3, -0.25) is 4.99 Å². The number of fused-ring (bicyclic) bond motifs is 1. The average Bonchev–Trinajstić information content (AvgIpc) is 3.23. The number of rotatable bonds is 4. The second-order valence-electron chi connectivity index (χ2n) is 7.01. The fraction of sp³-hybridized carbons (Fsp3) is 0.381. The van der Waals surface area contributed by atoms with Crippen molar-refractivity contribution in [3.05, 3.63) is 62.6 Å². The lowest BCUT2D eigenvalue weighted by atomic mass is 9.94. The van der Waals surface area contributed by atoms with Crippen molar-refractivity contribution in [1.82, 2.24) is 5.32 Å². The zero-order valence-corrected chi connectivity index (χ0v) is 17.5. The van der Waals surface area contributed by atoms with Gasteiger partial charge < -0.3 is 10.1 Å². The van der Waals surface area contributed by atoms with Gasteiger partial charge in [-0.25, -0.2) is 0 Å². The molecule has 0 saturated heterocycles. The number of nitrogens with one attached hydrogen (secondary N) is 1. The lowest BCUT2D eigenvalue weighted by Gasteiger charge is -2.23. The van der Waals surface area contributed by atoms with Gasteiger partial charge in [0.05, 0.1) is 19.2 Å². The van der Waals surface area contributed by atoms with E-state index in [1.165, 1.54) is 27.8 Å². The maximum atomic E-state index is 6.01. The third-order valence-electron chi connectivity index (χ3n) is 4.76. The monoisotopic (exact) mass is 430 g/mol. The van der Waals surface area contributed by atoms with Gasteiger partial charge in [-0.2, -0.15) is 0 Å². The van der Waals surface area contributed by atoms with Crippen molar-refractivity contribution in [2.75, 3.05) is 18.9 Å². The van der Waals surface area contributed by atoms with Crippen molar-refractivity contribution in [1.29, 1.82) is 0 Å². The summed E-state index contributed by atoms with van der Waals surface area (Å²) < 4.78 is 7.12. The molecule has 5 heteroatoms. The number of amidine groups is 1. The van der Waals surface area contributed by atoms with Gasteiger partial charge in [-0.05, 0) is 43.5 Å². The topological polar surface area (TPSA) is 33.6 Å². The molecule has 0 spiro atoms. The van der Waals surface area contributed by atoms with Crippen LogP contribution in [0, 0.1) is 13.8 Å². The largest absolute Gasteiger partial charge is 0.493 e. The molecule has 3 nitrogen and oxygen atoms in total. The van der Waals surface area contributed by atoms with Crippen LogP contribution in [0.2, 0.25) is 0 Å². The SMILES string of the molecule is Cc1cc(C)cc(CC(NC2=NCCS2)c2cc(Br)cc3c2OCC3)c1. The number of halogens is 1. The second kappa shape index (κ2) is 7.65. The van der Waals surface area contributed by atoms with Crippen LogP contribution < -0.4 is 10.1 Å². The van der Waals surface area contributed by atoms with Gasteiger partial charge in [0.25, 0.3) is 0 Å². The maximum absolute atomic E-state index is 6.01. The third-order valence-corrected chi connectivity index (χ3v) is 6.12. The van der Waals surface area contributed by atoms with E-state index in [0.29, 0.717) is 0 Å². The molecule has 2 aromatic rings. The van der Waals surface area contributed by atoms with E-state index in [1.807, 2.05) is 0 Å². The van der Waals surface area contributed by atoms with E-state index in [-0.39, 0.29) is 6.04 Å². The molecule has 0 amide bonds. The standard InChI is InChI=1S/C21H23BrN2OS/c1-13-7-14(2)9-15(8-13)10-19(24-21-23-4-6-26-21)18-12-17(22)11-16-3-5-25-20(16)18/h7-9,11-12,19H,3-6,10H2,1-2H3,(H,23,24). The summed E-state index contributed by atoms with van der Waals surface area (Å²) in [6.45, 7) is 5.99. The molecule has 1 unspecified atom stereocenters. The molecule has 1 atom stereocenters. The molecule has 1 N–H and O–H groups in total. The Balaban J connectivity index is 1.71. The molecule has 0 aliphatic carbocycles. The van der Waals surface area contributed by atoms with Crippen molar-refractivity contribution in [3.8, 4) is 5.75 Å². The average molecular weight is 431 g/mol. The summed E-state index contributed by atoms with van der Waals surface area (Å²) in [6.07, 6.45) is 1.89. The molecule has 0 aromatic heterocycles. The van der Waals surface area contributed by atoms with Crippen LogP contribution in [0.3, 0.4) is 0 Å². The first kappa shape index (κ1) is 17.9. The van der Waals surface area contributed by atoms with E-state index in [4.69, 9.17) is 4.74 Å². The number of benzene rings is 2. The second-order valence-corrected chi connectivity index (χ2v) is 9.01. The molecule has 2 aliphatic rings. The molecule has 2 aromatic carbocycles. The number of hydrogen-bond acceptors (Lipinski definition) is 4. The first-order valence-corrected chi connectivity index (χ1v) is 10.8. The van der Waals surface area contributed by atoms with Crippen LogP contribution in [-0.4, -0.2) is 24.1 Å². The molecule has 0 saturated carbocycles. The van der Waals surface area contributed by atoms with Gasteiger partial charge in [0, 0.05) is 22.2 Å². The first-order valence-electron chi connectivity index (χ1n) is 9.04. The number of aliphatic imine (C=N–C) groups is 1. The Morgan fingerprint density at radius 3 is 2.73 bits per heavy atom. The zero-order chi connectivity index (χ0) is 18.1. The summed E-state index contributed by atoms with van der Waals surface area (Å²) in [6, 6.07) is 11.3. The predicted octanol–water partition coefficient (Wildman–Crippen LogP) is 4.98. The van der Waals surface area contributed by atoms with Crippen molar-refractivity contribution in [3.63, 3.8) is 0 Å². The van der Waals surface area contributed by atoms with Crippen LogP contribution in [0.5, 0.6) is 5.75 Å². The highest BCUT2D eigenvalue weighted by Crippen LogP contribution is 2.38. The molecule has 0 bridgehead atoms. The Morgan fingerprint density at radius 1 is 1.19 bits per heavy atom. The van der Waals surface area contributed by atoms with E-state index in [0.717, 1.165) is 47.1 Å². The smallest absolute Gasteiger partial charge is 0.157 e. The highest BCUT2D eigenvalue weighted by Gasteiger charge is 2.25. The summed E-state index contributed by atoms with van der Waals surface area (Å²) >= 11 is 5.49. The summed E-state index contributed by atoms with van der Waals surface area (Å²) in [7, 11) is 0. The lowest BCUT2D eigenvalue weighted by Crippen LogP contribution is -2.27. The first-order chi connectivity index (χ1) is 12.6. The molecule has 136 valence electrons. The van der Waals surface area contributed by atoms with Crippen molar-refractivity contribution in [2.45, 2.75) is 32.7 Å². The number of thioether (sulfide) groups is 1. The summed E-state index contributed by atoms with van der Waals surface area (Å²) in [5, 5.41) is 4.74. The van der Waals surface area contributed by atoms with E-state index >= 15 is 0 Å². The Morgan fingerprint density at radius 2 is 2.00 bits per heavy atom. The fourth-order valence-electron chi connectivity index (χ4n) is 3.79. The number of hydrogen-bond donors (Lipinski definition) is 1. The van der Waals surface area contributed by atoms with E-state index < -0.39 is 0 Å². The summed E-state index contributed by atoms with van der Waals surface area (Å²) in [4.78, 5) is 4.61.